The number of amides is 1. The van der Waals surface area contributed by atoms with Crippen molar-refractivity contribution in [2.75, 3.05) is 13.7 Å². The molecule has 0 bridgehead atoms. The molecule has 23 heavy (non-hydrogen) atoms. The predicted octanol–water partition coefficient (Wildman–Crippen LogP) is 1.82. The van der Waals surface area contributed by atoms with E-state index in [1.807, 2.05) is 18.2 Å². The highest BCUT2D eigenvalue weighted by molar-refractivity contribution is 5.96. The Morgan fingerprint density at radius 3 is 2.43 bits per heavy atom. The van der Waals surface area contributed by atoms with E-state index in [9.17, 15) is 9.59 Å². The van der Waals surface area contributed by atoms with Gasteiger partial charge in [0.25, 0.3) is 5.91 Å². The largest absolute Gasteiger partial charge is 0.491 e. The number of nitrogens with one attached hydrogen (secondary N) is 1. The van der Waals surface area contributed by atoms with Crippen molar-refractivity contribution >= 4 is 11.9 Å². The normalized spacial score (nSPS) is 12.8. The molecule has 0 aliphatic rings. The van der Waals surface area contributed by atoms with Crippen LogP contribution in [0.3, 0.4) is 0 Å². The quantitative estimate of drug-likeness (QED) is 0.823. The summed E-state index contributed by atoms with van der Waals surface area (Å²) in [5.74, 6) is -0.484. The molecule has 1 aromatic carbocycles. The summed E-state index contributed by atoms with van der Waals surface area (Å²) in [6, 6.07) is 14.0. The van der Waals surface area contributed by atoms with Crippen molar-refractivity contribution in [1.82, 2.24) is 10.3 Å². The van der Waals surface area contributed by atoms with Gasteiger partial charge in [-0.1, -0.05) is 24.3 Å². The minimum Gasteiger partial charge on any atom is -0.491 e. The van der Waals surface area contributed by atoms with Gasteiger partial charge < -0.3 is 14.8 Å². The summed E-state index contributed by atoms with van der Waals surface area (Å²) in [5.41, 5.74) is -1.12. The minimum absolute atomic E-state index is 0.0672. The Morgan fingerprint density at radius 2 is 1.83 bits per heavy atom. The van der Waals surface area contributed by atoms with Crippen LogP contribution in [0.5, 0.6) is 5.75 Å². The summed E-state index contributed by atoms with van der Waals surface area (Å²) in [7, 11) is 1.26. The van der Waals surface area contributed by atoms with Gasteiger partial charge >= 0.3 is 5.97 Å². The maximum absolute atomic E-state index is 12.3. The van der Waals surface area contributed by atoms with E-state index in [1.165, 1.54) is 13.3 Å². The van der Waals surface area contributed by atoms with E-state index >= 15 is 0 Å². The van der Waals surface area contributed by atoms with E-state index in [0.717, 1.165) is 0 Å². The van der Waals surface area contributed by atoms with Crippen LogP contribution in [0.25, 0.3) is 0 Å². The van der Waals surface area contributed by atoms with Gasteiger partial charge in [0.1, 0.15) is 18.1 Å². The third kappa shape index (κ3) is 4.29. The first-order valence-corrected chi connectivity index (χ1v) is 7.05. The highest BCUT2D eigenvalue weighted by Crippen LogP contribution is 2.14. The molecule has 6 nitrogen and oxygen atoms in total. The molecule has 0 aliphatic carbocycles. The zero-order chi connectivity index (χ0) is 16.7. The van der Waals surface area contributed by atoms with Gasteiger partial charge in [0.15, 0.2) is 5.54 Å². The van der Waals surface area contributed by atoms with E-state index in [1.54, 1.807) is 37.3 Å². The van der Waals surface area contributed by atoms with E-state index < -0.39 is 17.4 Å². The molecule has 1 atom stereocenters. The summed E-state index contributed by atoms with van der Waals surface area (Å²) < 4.78 is 10.4. The summed E-state index contributed by atoms with van der Waals surface area (Å²) in [6.07, 6.45) is 1.50. The van der Waals surface area contributed by atoms with Crippen LogP contribution in [-0.4, -0.2) is 36.1 Å². The molecule has 120 valence electrons. The van der Waals surface area contributed by atoms with Gasteiger partial charge in [-0.2, -0.15) is 0 Å². The lowest BCUT2D eigenvalue weighted by atomic mass is 10.0. The molecule has 0 radical (unpaired) electrons. The molecule has 0 fully saturated rings. The SMILES string of the molecule is COC(=O)[C@@](C)(COc1ccccc1)NC(=O)c1ccccn1. The van der Waals surface area contributed by atoms with Gasteiger partial charge in [0, 0.05) is 6.20 Å². The number of esters is 1. The first kappa shape index (κ1) is 16.5. The Morgan fingerprint density at radius 1 is 1.13 bits per heavy atom. The third-order valence-electron chi connectivity index (χ3n) is 3.19. The smallest absolute Gasteiger partial charge is 0.334 e. The molecular formula is C17H18N2O4. The van der Waals surface area contributed by atoms with Crippen LogP contribution in [0, 0.1) is 0 Å². The first-order valence-electron chi connectivity index (χ1n) is 7.05. The number of para-hydroxylation sites is 1. The lowest BCUT2D eigenvalue weighted by Gasteiger charge is -2.27. The first-order chi connectivity index (χ1) is 11.0. The number of pyridine rings is 1. The van der Waals surface area contributed by atoms with Gasteiger partial charge in [-0.05, 0) is 31.2 Å². The van der Waals surface area contributed by atoms with E-state index in [2.05, 4.69) is 10.3 Å². The number of benzene rings is 1. The number of aromatic nitrogens is 1. The molecule has 0 aliphatic heterocycles. The minimum atomic E-state index is -1.33. The number of ether oxygens (including phenoxy) is 2. The number of hydrogen-bond donors (Lipinski definition) is 1. The number of methoxy groups -OCH3 is 1. The molecular weight excluding hydrogens is 296 g/mol. The Labute approximate surface area is 134 Å². The monoisotopic (exact) mass is 314 g/mol. The fraction of sp³-hybridized carbons (Fsp3) is 0.235. The maximum Gasteiger partial charge on any atom is 0.334 e. The van der Waals surface area contributed by atoms with Gasteiger partial charge in [-0.15, -0.1) is 0 Å². The Balaban J connectivity index is 2.12. The second-order valence-electron chi connectivity index (χ2n) is 5.09. The van der Waals surface area contributed by atoms with Crippen LogP contribution in [0.4, 0.5) is 0 Å². The van der Waals surface area contributed by atoms with Crippen LogP contribution < -0.4 is 10.1 Å². The highest BCUT2D eigenvalue weighted by atomic mass is 16.5. The lowest BCUT2D eigenvalue weighted by Crippen LogP contribution is -2.56. The van der Waals surface area contributed by atoms with E-state index in [4.69, 9.17) is 9.47 Å². The molecule has 1 heterocycles. The zero-order valence-corrected chi connectivity index (χ0v) is 13.0. The fourth-order valence-corrected chi connectivity index (χ4v) is 1.93. The number of hydrogen-bond acceptors (Lipinski definition) is 5. The van der Waals surface area contributed by atoms with Crippen molar-refractivity contribution in [2.45, 2.75) is 12.5 Å². The van der Waals surface area contributed by atoms with Gasteiger partial charge in [-0.25, -0.2) is 4.79 Å². The van der Waals surface area contributed by atoms with Crippen LogP contribution in [0.2, 0.25) is 0 Å². The third-order valence-corrected chi connectivity index (χ3v) is 3.19. The predicted molar refractivity (Wildman–Crippen MR) is 84.1 cm³/mol. The molecule has 0 unspecified atom stereocenters. The van der Waals surface area contributed by atoms with Crippen molar-refractivity contribution in [1.29, 1.82) is 0 Å². The van der Waals surface area contributed by atoms with Crippen LogP contribution in [0.1, 0.15) is 17.4 Å². The molecule has 1 amide bonds. The topological polar surface area (TPSA) is 77.5 Å². The highest BCUT2D eigenvalue weighted by Gasteiger charge is 2.37. The number of carbonyl (C=O) groups excluding carboxylic acids is 2. The maximum atomic E-state index is 12.3. The molecule has 0 saturated heterocycles. The zero-order valence-electron chi connectivity index (χ0n) is 13.0. The Hall–Kier alpha value is -2.89. The Kier molecular flexibility index (Phi) is 5.30. The summed E-state index contributed by atoms with van der Waals surface area (Å²) in [6.45, 7) is 1.48. The summed E-state index contributed by atoms with van der Waals surface area (Å²) >= 11 is 0. The second kappa shape index (κ2) is 7.40. The van der Waals surface area contributed by atoms with Crippen molar-refractivity contribution in [2.24, 2.45) is 0 Å². The lowest BCUT2D eigenvalue weighted by molar-refractivity contribution is -0.148. The molecule has 0 spiro atoms. The van der Waals surface area contributed by atoms with E-state index in [0.29, 0.717) is 5.75 Å². The molecule has 2 aromatic rings. The second-order valence-corrected chi connectivity index (χ2v) is 5.09. The summed E-state index contributed by atoms with van der Waals surface area (Å²) in [5, 5.41) is 2.63. The van der Waals surface area contributed by atoms with Crippen LogP contribution in [0.15, 0.2) is 54.7 Å². The molecule has 2 rings (SSSR count). The number of rotatable bonds is 6. The van der Waals surface area contributed by atoms with Crippen molar-refractivity contribution in [3.8, 4) is 5.75 Å². The number of nitrogens with zero attached hydrogens (tertiary/aromatic N) is 1. The van der Waals surface area contributed by atoms with Crippen LogP contribution in [-0.2, 0) is 9.53 Å². The van der Waals surface area contributed by atoms with Gasteiger partial charge in [0.05, 0.1) is 7.11 Å². The average Bonchev–Trinajstić information content (AvgIpc) is 2.61. The Bertz CT molecular complexity index is 661. The van der Waals surface area contributed by atoms with E-state index in [-0.39, 0.29) is 12.3 Å². The molecule has 0 saturated carbocycles. The average molecular weight is 314 g/mol. The van der Waals surface area contributed by atoms with Crippen molar-refractivity contribution in [3.63, 3.8) is 0 Å². The van der Waals surface area contributed by atoms with Gasteiger partial charge in [-0.3, -0.25) is 9.78 Å². The molecule has 1 N–H and O–H groups in total. The molecule has 1 aromatic heterocycles. The summed E-state index contributed by atoms with van der Waals surface area (Å²) in [4.78, 5) is 28.3. The van der Waals surface area contributed by atoms with Crippen LogP contribution >= 0.6 is 0 Å². The number of carbonyl (C=O) groups is 2. The van der Waals surface area contributed by atoms with Gasteiger partial charge in [0.2, 0.25) is 0 Å². The molecule has 6 heteroatoms. The fourth-order valence-electron chi connectivity index (χ4n) is 1.93. The standard InChI is InChI=1S/C17H18N2O4/c1-17(16(21)22-2,12-23-13-8-4-3-5-9-13)19-15(20)14-10-6-7-11-18-14/h3-11H,12H2,1-2H3,(H,19,20)/t17-/m1/s1. The van der Waals surface area contributed by atoms with Crippen molar-refractivity contribution in [3.05, 3.63) is 60.4 Å². The van der Waals surface area contributed by atoms with Crippen molar-refractivity contribution < 1.29 is 19.1 Å².